The Morgan fingerprint density at radius 3 is 2.85 bits per heavy atom. The van der Waals surface area contributed by atoms with Crippen molar-refractivity contribution in [2.45, 2.75) is 13.3 Å². The van der Waals surface area contributed by atoms with Crippen LogP contribution in [0, 0.1) is 11.7 Å². The van der Waals surface area contributed by atoms with Gasteiger partial charge in [0.25, 0.3) is 0 Å². The highest BCUT2D eigenvalue weighted by Gasteiger charge is 2.06. The molecule has 0 heterocycles. The fourth-order valence-corrected chi connectivity index (χ4v) is 1.28. The van der Waals surface area contributed by atoms with E-state index in [1.165, 1.54) is 6.07 Å². The minimum absolute atomic E-state index is 0.168. The van der Waals surface area contributed by atoms with Crippen LogP contribution in [-0.4, -0.2) is 0 Å². The Hall–Kier alpha value is -0.820. The average Bonchev–Trinajstić information content (AvgIpc) is 2.10. The van der Waals surface area contributed by atoms with Gasteiger partial charge in [-0.3, -0.25) is 0 Å². The van der Waals surface area contributed by atoms with Gasteiger partial charge in [-0.25, -0.2) is 4.39 Å². The Morgan fingerprint density at radius 1 is 1.62 bits per heavy atom. The molecule has 0 unspecified atom stereocenters. The van der Waals surface area contributed by atoms with Crippen molar-refractivity contribution in [3.8, 4) is 0 Å². The van der Waals surface area contributed by atoms with Gasteiger partial charge in [0.15, 0.2) is 0 Å². The second-order valence-corrected chi connectivity index (χ2v) is 3.31. The molecule has 1 aromatic carbocycles. The summed E-state index contributed by atoms with van der Waals surface area (Å²) in [4.78, 5) is 0. The number of benzene rings is 1. The van der Waals surface area contributed by atoms with Crippen LogP contribution in [0.4, 0.5) is 4.39 Å². The topological polar surface area (TPSA) is 0 Å². The van der Waals surface area contributed by atoms with E-state index in [1.54, 1.807) is 12.1 Å². The SMILES string of the molecule is C=CC[C](C)c1ccc(F)c(Cl)c1. The van der Waals surface area contributed by atoms with Gasteiger partial charge >= 0.3 is 0 Å². The highest BCUT2D eigenvalue weighted by Crippen LogP contribution is 2.23. The van der Waals surface area contributed by atoms with Crippen LogP contribution in [0.3, 0.4) is 0 Å². The smallest absolute Gasteiger partial charge is 0.141 e. The molecule has 13 heavy (non-hydrogen) atoms. The van der Waals surface area contributed by atoms with Gasteiger partial charge in [0, 0.05) is 5.92 Å². The molecule has 0 aliphatic heterocycles. The third-order valence-corrected chi connectivity index (χ3v) is 2.15. The molecule has 0 N–H and O–H groups in total. The van der Waals surface area contributed by atoms with Gasteiger partial charge in [-0.15, -0.1) is 6.58 Å². The third kappa shape index (κ3) is 2.56. The first-order valence-electron chi connectivity index (χ1n) is 4.04. The Bertz CT molecular complexity index is 307. The molecule has 0 atom stereocenters. The summed E-state index contributed by atoms with van der Waals surface area (Å²) in [6, 6.07) is 4.74. The molecule has 0 fully saturated rings. The molecule has 0 spiro atoms. The molecule has 1 radical (unpaired) electrons. The predicted octanol–water partition coefficient (Wildman–Crippen LogP) is 4.00. The second kappa shape index (κ2) is 4.43. The molecular formula is C11H11ClF. The summed E-state index contributed by atoms with van der Waals surface area (Å²) < 4.78 is 12.8. The van der Waals surface area contributed by atoms with E-state index in [4.69, 9.17) is 11.6 Å². The normalized spacial score (nSPS) is 10.5. The molecule has 1 rings (SSSR count). The van der Waals surface area contributed by atoms with E-state index in [0.717, 1.165) is 17.9 Å². The Balaban J connectivity index is 2.89. The minimum Gasteiger partial charge on any atom is -0.205 e. The third-order valence-electron chi connectivity index (χ3n) is 1.86. The van der Waals surface area contributed by atoms with E-state index < -0.39 is 0 Å². The van der Waals surface area contributed by atoms with Crippen molar-refractivity contribution < 1.29 is 4.39 Å². The Labute approximate surface area is 83.0 Å². The number of allylic oxidation sites excluding steroid dienone is 1. The maximum absolute atomic E-state index is 12.8. The van der Waals surface area contributed by atoms with Gasteiger partial charge in [-0.2, -0.15) is 0 Å². The van der Waals surface area contributed by atoms with Crippen molar-refractivity contribution in [2.24, 2.45) is 0 Å². The van der Waals surface area contributed by atoms with Gasteiger partial charge in [0.1, 0.15) is 5.82 Å². The largest absolute Gasteiger partial charge is 0.205 e. The zero-order chi connectivity index (χ0) is 9.84. The van der Waals surface area contributed by atoms with Crippen LogP contribution in [0.15, 0.2) is 30.9 Å². The van der Waals surface area contributed by atoms with Crippen molar-refractivity contribution in [3.63, 3.8) is 0 Å². The maximum Gasteiger partial charge on any atom is 0.141 e. The number of rotatable bonds is 3. The zero-order valence-electron chi connectivity index (χ0n) is 7.48. The highest BCUT2D eigenvalue weighted by molar-refractivity contribution is 6.30. The van der Waals surface area contributed by atoms with E-state index >= 15 is 0 Å². The van der Waals surface area contributed by atoms with Crippen molar-refractivity contribution in [1.29, 1.82) is 0 Å². The number of hydrogen-bond acceptors (Lipinski definition) is 0. The number of hydrogen-bond donors (Lipinski definition) is 0. The Kier molecular flexibility index (Phi) is 3.49. The summed E-state index contributed by atoms with van der Waals surface area (Å²) in [7, 11) is 0. The molecule has 0 aliphatic rings. The van der Waals surface area contributed by atoms with Gasteiger partial charge in [-0.1, -0.05) is 30.7 Å². The quantitative estimate of drug-likeness (QED) is 0.643. The summed E-state index contributed by atoms with van der Waals surface area (Å²) in [5.41, 5.74) is 0.964. The summed E-state index contributed by atoms with van der Waals surface area (Å²) in [6.45, 7) is 5.62. The molecule has 0 saturated heterocycles. The van der Waals surface area contributed by atoms with Crippen LogP contribution < -0.4 is 0 Å². The van der Waals surface area contributed by atoms with E-state index in [1.807, 2.05) is 13.0 Å². The minimum atomic E-state index is -0.378. The first kappa shape index (κ1) is 10.3. The summed E-state index contributed by atoms with van der Waals surface area (Å²) in [6.07, 6.45) is 2.61. The summed E-state index contributed by atoms with van der Waals surface area (Å²) in [5, 5.41) is 0.168. The van der Waals surface area contributed by atoms with E-state index in [0.29, 0.717) is 0 Å². The van der Waals surface area contributed by atoms with E-state index in [-0.39, 0.29) is 10.8 Å². The van der Waals surface area contributed by atoms with Crippen LogP contribution >= 0.6 is 11.6 Å². The fourth-order valence-electron chi connectivity index (χ4n) is 1.10. The van der Waals surface area contributed by atoms with Crippen molar-refractivity contribution in [1.82, 2.24) is 0 Å². The Morgan fingerprint density at radius 2 is 2.31 bits per heavy atom. The van der Waals surface area contributed by atoms with Gasteiger partial charge < -0.3 is 0 Å². The summed E-state index contributed by atoms with van der Waals surface area (Å²) in [5.74, 6) is 0.758. The molecule has 0 amide bonds. The monoisotopic (exact) mass is 197 g/mol. The lowest BCUT2D eigenvalue weighted by Crippen LogP contribution is -1.93. The van der Waals surface area contributed by atoms with Crippen LogP contribution in [0.25, 0.3) is 0 Å². The molecule has 2 heteroatoms. The lowest BCUT2D eigenvalue weighted by molar-refractivity contribution is 0.627. The van der Waals surface area contributed by atoms with Crippen molar-refractivity contribution in [3.05, 3.63) is 53.2 Å². The molecule has 0 bridgehead atoms. The van der Waals surface area contributed by atoms with Gasteiger partial charge in [-0.05, 0) is 24.1 Å². The molecule has 1 aromatic rings. The lowest BCUT2D eigenvalue weighted by atomic mass is 9.98. The molecule has 0 nitrogen and oxygen atoms in total. The van der Waals surface area contributed by atoms with Crippen LogP contribution in [0.2, 0.25) is 5.02 Å². The summed E-state index contributed by atoms with van der Waals surface area (Å²) >= 11 is 5.64. The van der Waals surface area contributed by atoms with Gasteiger partial charge in [0.05, 0.1) is 5.02 Å². The zero-order valence-corrected chi connectivity index (χ0v) is 8.24. The average molecular weight is 198 g/mol. The molecule has 0 aromatic heterocycles. The molecule has 0 saturated carbocycles. The van der Waals surface area contributed by atoms with Crippen LogP contribution in [0.1, 0.15) is 18.9 Å². The molecule has 69 valence electrons. The predicted molar refractivity (Wildman–Crippen MR) is 54.2 cm³/mol. The first-order valence-corrected chi connectivity index (χ1v) is 4.41. The van der Waals surface area contributed by atoms with E-state index in [2.05, 4.69) is 6.58 Å². The molecule has 0 aliphatic carbocycles. The molecular weight excluding hydrogens is 187 g/mol. The number of halogens is 2. The first-order chi connectivity index (χ1) is 6.15. The second-order valence-electron chi connectivity index (χ2n) is 2.90. The highest BCUT2D eigenvalue weighted by atomic mass is 35.5. The van der Waals surface area contributed by atoms with Gasteiger partial charge in [0.2, 0.25) is 0 Å². The maximum atomic E-state index is 12.8. The lowest BCUT2D eigenvalue weighted by Gasteiger charge is -2.08. The van der Waals surface area contributed by atoms with E-state index in [9.17, 15) is 4.39 Å². The standard InChI is InChI=1S/C11H11ClF/c1-3-4-8(2)9-5-6-11(13)10(12)7-9/h3,5-7H,1,4H2,2H3. The van der Waals surface area contributed by atoms with Crippen LogP contribution in [-0.2, 0) is 0 Å². The van der Waals surface area contributed by atoms with Crippen LogP contribution in [0.5, 0.6) is 0 Å². The fraction of sp³-hybridized carbons (Fsp3) is 0.182. The van der Waals surface area contributed by atoms with Crippen molar-refractivity contribution in [2.75, 3.05) is 0 Å². The van der Waals surface area contributed by atoms with Crippen molar-refractivity contribution >= 4 is 11.6 Å².